The van der Waals surface area contributed by atoms with E-state index in [9.17, 15) is 17.2 Å². The van der Waals surface area contributed by atoms with E-state index >= 15 is 0 Å². The van der Waals surface area contributed by atoms with Gasteiger partial charge in [-0.1, -0.05) is 16.6 Å². The van der Waals surface area contributed by atoms with Crippen molar-refractivity contribution < 1.29 is 26.7 Å². The molecule has 16 heteroatoms. The first-order valence-corrected chi connectivity index (χ1v) is 14.6. The summed E-state index contributed by atoms with van der Waals surface area (Å²) in [7, 11) is -4.00. The molecule has 3 saturated heterocycles. The van der Waals surface area contributed by atoms with Crippen molar-refractivity contribution >= 4 is 32.7 Å². The molecule has 0 aliphatic carbocycles. The summed E-state index contributed by atoms with van der Waals surface area (Å²) in [6, 6.07) is 3.35. The van der Waals surface area contributed by atoms with Gasteiger partial charge in [0.05, 0.1) is 42.4 Å². The Morgan fingerprint density at radius 2 is 2.03 bits per heavy atom. The average molecular weight is 571 g/mol. The van der Waals surface area contributed by atoms with E-state index in [1.807, 2.05) is 6.92 Å². The van der Waals surface area contributed by atoms with E-state index in [4.69, 9.17) is 9.47 Å². The normalized spacial score (nSPS) is 28.6. The highest BCUT2D eigenvalue weighted by Crippen LogP contribution is 2.35. The molecule has 3 aliphatic heterocycles. The van der Waals surface area contributed by atoms with Crippen molar-refractivity contribution in [1.29, 1.82) is 0 Å². The van der Waals surface area contributed by atoms with Gasteiger partial charge in [0.1, 0.15) is 11.3 Å². The first-order chi connectivity index (χ1) is 18.1. The van der Waals surface area contributed by atoms with Gasteiger partial charge in [0.25, 0.3) is 6.43 Å². The fourth-order valence-corrected chi connectivity index (χ4v) is 7.40. The summed E-state index contributed by atoms with van der Waals surface area (Å²) < 4.78 is 69.1. The molecule has 0 radical (unpaired) electrons. The fraction of sp³-hybridized carbons (Fsp3) is 0.636. The molecule has 0 saturated carbocycles. The Hall–Kier alpha value is -2.37. The van der Waals surface area contributed by atoms with Crippen LogP contribution in [0.1, 0.15) is 32.2 Å². The van der Waals surface area contributed by atoms with E-state index in [1.54, 1.807) is 17.5 Å². The number of pyridine rings is 1. The third-order valence-electron chi connectivity index (χ3n) is 7.59. The molecule has 12 nitrogen and oxygen atoms in total. The number of alkyl halides is 2. The van der Waals surface area contributed by atoms with E-state index in [0.29, 0.717) is 49.0 Å². The topological polar surface area (TPSA) is 127 Å². The number of halogens is 2. The number of fused-ring (bicyclic) bond motifs is 2. The summed E-state index contributed by atoms with van der Waals surface area (Å²) in [5.74, 6) is 0.528. The first kappa shape index (κ1) is 25.9. The number of ether oxygens (including phenoxy) is 2. The Morgan fingerprint density at radius 3 is 2.71 bits per heavy atom. The van der Waals surface area contributed by atoms with Crippen LogP contribution in [0.4, 0.5) is 14.6 Å². The van der Waals surface area contributed by atoms with Crippen LogP contribution >= 0.6 is 11.3 Å². The minimum Gasteiger partial charge on any atom is -0.378 e. The quantitative estimate of drug-likeness (QED) is 0.466. The van der Waals surface area contributed by atoms with Crippen LogP contribution in [-0.2, 0) is 19.5 Å². The van der Waals surface area contributed by atoms with Crippen LogP contribution in [0.25, 0.3) is 16.2 Å². The van der Waals surface area contributed by atoms with Crippen LogP contribution < -0.4 is 9.62 Å². The molecule has 0 spiro atoms. The molecular weight excluding hydrogens is 542 g/mol. The van der Waals surface area contributed by atoms with Crippen molar-refractivity contribution in [2.45, 2.75) is 55.8 Å². The third kappa shape index (κ3) is 4.36. The molecule has 6 heterocycles. The predicted octanol–water partition coefficient (Wildman–Crippen LogP) is 1.55. The standard InChI is InChI=1S/C22H28F2N8O4S2/c1-12-8-30(9-14-10-35-5-4-31(12)14)17-7-15(38(33,34)28-22(3)11-36-13(22)2)6-16-18(25-29-32(16)17)20-26-27-21(37-20)19(23)24/h6-7,12-14,19,28H,4-5,8-11H2,1-3H3/t12-,13?,14+,22?/m0/s1. The molecule has 3 aliphatic rings. The summed E-state index contributed by atoms with van der Waals surface area (Å²) >= 11 is 0.700. The first-order valence-electron chi connectivity index (χ1n) is 12.3. The van der Waals surface area contributed by atoms with E-state index < -0.39 is 27.0 Å². The summed E-state index contributed by atoms with van der Waals surface area (Å²) in [6.07, 6.45) is -3.07. The minimum atomic E-state index is -4.00. The molecule has 38 heavy (non-hydrogen) atoms. The second kappa shape index (κ2) is 9.38. The van der Waals surface area contributed by atoms with Crippen LogP contribution in [0.5, 0.6) is 0 Å². The highest BCUT2D eigenvalue weighted by molar-refractivity contribution is 7.89. The summed E-state index contributed by atoms with van der Waals surface area (Å²) in [4.78, 5) is 4.49. The van der Waals surface area contributed by atoms with Gasteiger partial charge in [-0.3, -0.25) is 4.90 Å². The Kier molecular flexibility index (Phi) is 6.39. The van der Waals surface area contributed by atoms with Crippen LogP contribution in [0.2, 0.25) is 0 Å². The van der Waals surface area contributed by atoms with Gasteiger partial charge in [-0.05, 0) is 26.8 Å². The molecule has 206 valence electrons. The van der Waals surface area contributed by atoms with E-state index in [-0.39, 0.29) is 40.4 Å². The number of morpholine rings is 1. The second-order valence-electron chi connectivity index (χ2n) is 10.2. The average Bonchev–Trinajstić information content (AvgIpc) is 3.54. The van der Waals surface area contributed by atoms with Crippen molar-refractivity contribution in [3.63, 3.8) is 0 Å². The molecule has 0 amide bonds. The lowest BCUT2D eigenvalue weighted by Gasteiger charge is -2.48. The maximum atomic E-state index is 13.6. The lowest BCUT2D eigenvalue weighted by atomic mass is 9.93. The Morgan fingerprint density at radius 1 is 1.21 bits per heavy atom. The Balaban J connectivity index is 1.46. The van der Waals surface area contributed by atoms with E-state index in [2.05, 4.69) is 42.0 Å². The van der Waals surface area contributed by atoms with Gasteiger partial charge in [-0.2, -0.15) is 4.52 Å². The second-order valence-corrected chi connectivity index (χ2v) is 12.9. The fourth-order valence-electron chi connectivity index (χ4n) is 5.23. The maximum absolute atomic E-state index is 13.6. The number of rotatable bonds is 6. The minimum absolute atomic E-state index is 0.0115. The van der Waals surface area contributed by atoms with E-state index in [1.165, 1.54) is 6.07 Å². The van der Waals surface area contributed by atoms with Gasteiger partial charge < -0.3 is 14.4 Å². The zero-order chi connectivity index (χ0) is 26.8. The summed E-state index contributed by atoms with van der Waals surface area (Å²) in [6.45, 7) is 9.31. The number of hydrogen-bond donors (Lipinski definition) is 1. The van der Waals surface area contributed by atoms with Crippen molar-refractivity contribution in [1.82, 2.24) is 34.6 Å². The van der Waals surface area contributed by atoms with Crippen LogP contribution in [-0.4, -0.2) is 102 Å². The van der Waals surface area contributed by atoms with Crippen LogP contribution in [0.3, 0.4) is 0 Å². The highest BCUT2D eigenvalue weighted by atomic mass is 32.2. The van der Waals surface area contributed by atoms with Gasteiger partial charge in [-0.25, -0.2) is 21.9 Å². The van der Waals surface area contributed by atoms with Gasteiger partial charge in [-0.15, -0.1) is 15.3 Å². The van der Waals surface area contributed by atoms with Crippen molar-refractivity contribution in [3.8, 4) is 10.7 Å². The third-order valence-corrected chi connectivity index (χ3v) is 10.1. The van der Waals surface area contributed by atoms with Crippen LogP contribution in [0, 0.1) is 0 Å². The van der Waals surface area contributed by atoms with Crippen molar-refractivity contribution in [2.24, 2.45) is 0 Å². The molecule has 3 aromatic rings. The molecule has 0 bridgehead atoms. The van der Waals surface area contributed by atoms with Gasteiger partial charge in [0, 0.05) is 31.7 Å². The molecule has 6 rings (SSSR count). The zero-order valence-electron chi connectivity index (χ0n) is 21.0. The molecule has 4 atom stereocenters. The molecule has 3 fully saturated rings. The SMILES string of the molecule is CC1OCC1(C)NS(=O)(=O)c1cc(N2C[C@@H]3COCCN3[C@@H](C)C2)n2nnc(-c3nnc(C(F)F)s3)c2c1. The molecule has 1 N–H and O–H groups in total. The number of piperazine rings is 1. The number of anilines is 1. The highest BCUT2D eigenvalue weighted by Gasteiger charge is 2.45. The number of nitrogens with zero attached hydrogens (tertiary/aromatic N) is 7. The van der Waals surface area contributed by atoms with Crippen molar-refractivity contribution in [2.75, 3.05) is 44.4 Å². The maximum Gasteiger partial charge on any atom is 0.291 e. The summed E-state index contributed by atoms with van der Waals surface area (Å²) in [5, 5.41) is 15.6. The van der Waals surface area contributed by atoms with Gasteiger partial charge >= 0.3 is 0 Å². The number of nitrogens with one attached hydrogen (secondary N) is 1. The Labute approximate surface area is 222 Å². The molecular formula is C22H28F2N8O4S2. The number of sulfonamides is 1. The molecule has 3 aromatic heterocycles. The van der Waals surface area contributed by atoms with E-state index in [0.717, 1.165) is 6.54 Å². The lowest BCUT2D eigenvalue weighted by Crippen LogP contribution is -2.65. The molecule has 2 unspecified atom stereocenters. The monoisotopic (exact) mass is 570 g/mol. The van der Waals surface area contributed by atoms with Gasteiger partial charge in [0.2, 0.25) is 10.0 Å². The number of hydrogen-bond acceptors (Lipinski definition) is 11. The van der Waals surface area contributed by atoms with Crippen molar-refractivity contribution in [3.05, 3.63) is 17.1 Å². The Bertz CT molecular complexity index is 1470. The largest absolute Gasteiger partial charge is 0.378 e. The predicted molar refractivity (Wildman–Crippen MR) is 134 cm³/mol. The zero-order valence-corrected chi connectivity index (χ0v) is 22.7. The smallest absolute Gasteiger partial charge is 0.291 e. The lowest BCUT2D eigenvalue weighted by molar-refractivity contribution is -0.120. The van der Waals surface area contributed by atoms with Gasteiger partial charge in [0.15, 0.2) is 15.7 Å². The number of aromatic nitrogens is 5. The van der Waals surface area contributed by atoms with Crippen LogP contribution in [0.15, 0.2) is 17.0 Å². The molecule has 0 aromatic carbocycles. The summed E-state index contributed by atoms with van der Waals surface area (Å²) in [5.41, 5.74) is -0.234.